The van der Waals surface area contributed by atoms with Gasteiger partial charge in [0.25, 0.3) is 0 Å². The van der Waals surface area contributed by atoms with E-state index in [1.807, 2.05) is 18.2 Å². The predicted octanol–water partition coefficient (Wildman–Crippen LogP) is 4.33. The molecule has 3 rings (SSSR count). The first-order valence-electron chi connectivity index (χ1n) is 9.00. The van der Waals surface area contributed by atoms with Crippen molar-refractivity contribution < 1.29 is 4.74 Å². The predicted molar refractivity (Wildman–Crippen MR) is 113 cm³/mol. The van der Waals surface area contributed by atoms with Crippen molar-refractivity contribution in [2.45, 2.75) is 26.3 Å². The lowest BCUT2D eigenvalue weighted by molar-refractivity contribution is 0.107. The molecule has 140 valence electrons. The number of rotatable bonds is 8. The molecule has 5 heteroatoms. The molecule has 2 N–H and O–H groups in total. The summed E-state index contributed by atoms with van der Waals surface area (Å²) in [6.07, 6.45) is 0. The Morgan fingerprint density at radius 1 is 0.852 bits per heavy atom. The minimum atomic E-state index is 0.605. The fraction of sp³-hybridized carbons (Fsp3) is 0.227. The Morgan fingerprint density at radius 3 is 2.37 bits per heavy atom. The number of guanidine groups is 1. The van der Waals surface area contributed by atoms with Gasteiger partial charge in [-0.3, -0.25) is 4.99 Å². The molecule has 0 saturated carbocycles. The van der Waals surface area contributed by atoms with E-state index in [4.69, 9.17) is 4.74 Å². The van der Waals surface area contributed by atoms with Crippen molar-refractivity contribution in [2.24, 2.45) is 4.99 Å². The zero-order valence-corrected chi connectivity index (χ0v) is 16.3. The summed E-state index contributed by atoms with van der Waals surface area (Å²) < 4.78 is 5.83. The zero-order valence-electron chi connectivity index (χ0n) is 15.5. The van der Waals surface area contributed by atoms with E-state index in [1.54, 1.807) is 18.4 Å². The highest BCUT2D eigenvalue weighted by Crippen LogP contribution is 2.09. The molecule has 0 radical (unpaired) electrons. The fourth-order valence-electron chi connectivity index (χ4n) is 2.68. The molecular formula is C22H25N3OS. The van der Waals surface area contributed by atoms with Crippen molar-refractivity contribution in [1.29, 1.82) is 0 Å². The van der Waals surface area contributed by atoms with Crippen LogP contribution in [0.15, 0.2) is 77.1 Å². The van der Waals surface area contributed by atoms with Crippen molar-refractivity contribution in [3.05, 3.63) is 93.7 Å². The van der Waals surface area contributed by atoms with Crippen LogP contribution in [0.3, 0.4) is 0 Å². The lowest BCUT2D eigenvalue weighted by atomic mass is 10.1. The molecular weight excluding hydrogens is 354 g/mol. The molecule has 1 heterocycles. The minimum Gasteiger partial charge on any atom is -0.372 e. The lowest BCUT2D eigenvalue weighted by Gasteiger charge is -2.12. The molecule has 0 aliphatic heterocycles. The van der Waals surface area contributed by atoms with Crippen LogP contribution in [0, 0.1) is 0 Å². The molecule has 0 unspecified atom stereocenters. The van der Waals surface area contributed by atoms with Crippen LogP contribution < -0.4 is 10.6 Å². The van der Waals surface area contributed by atoms with Crippen LogP contribution in [0.25, 0.3) is 0 Å². The Morgan fingerprint density at radius 2 is 1.59 bits per heavy atom. The summed E-state index contributed by atoms with van der Waals surface area (Å²) in [5.74, 6) is 0.800. The smallest absolute Gasteiger partial charge is 0.191 e. The van der Waals surface area contributed by atoms with Gasteiger partial charge < -0.3 is 15.4 Å². The van der Waals surface area contributed by atoms with Crippen LogP contribution in [0.4, 0.5) is 0 Å². The van der Waals surface area contributed by atoms with Gasteiger partial charge in [0.15, 0.2) is 5.96 Å². The number of benzene rings is 2. The summed E-state index contributed by atoms with van der Waals surface area (Å²) in [6, 6.07) is 22.9. The number of hydrogen-bond donors (Lipinski definition) is 2. The van der Waals surface area contributed by atoms with Gasteiger partial charge >= 0.3 is 0 Å². The fourth-order valence-corrected chi connectivity index (χ4v) is 3.33. The molecule has 0 aliphatic rings. The minimum absolute atomic E-state index is 0.605. The summed E-state index contributed by atoms with van der Waals surface area (Å²) in [5.41, 5.74) is 3.57. The van der Waals surface area contributed by atoms with Gasteiger partial charge in [0.05, 0.1) is 19.8 Å². The Balaban J connectivity index is 1.45. The highest BCUT2D eigenvalue weighted by molar-refractivity contribution is 7.09. The highest BCUT2D eigenvalue weighted by Gasteiger charge is 2.01. The Hall–Kier alpha value is -2.63. The monoisotopic (exact) mass is 379 g/mol. The Bertz CT molecular complexity index is 832. The third kappa shape index (κ3) is 6.55. The van der Waals surface area contributed by atoms with Crippen molar-refractivity contribution in [1.82, 2.24) is 10.6 Å². The van der Waals surface area contributed by atoms with E-state index in [9.17, 15) is 0 Å². The molecule has 0 saturated heterocycles. The second kappa shape index (κ2) is 10.5. The number of nitrogens with one attached hydrogen (secondary N) is 2. The number of thiophene rings is 1. The number of hydrogen-bond acceptors (Lipinski definition) is 3. The van der Waals surface area contributed by atoms with Crippen LogP contribution in [-0.2, 0) is 31.0 Å². The molecule has 0 spiro atoms. The zero-order chi connectivity index (χ0) is 18.7. The molecule has 0 atom stereocenters. The van der Waals surface area contributed by atoms with Gasteiger partial charge in [0.2, 0.25) is 0 Å². The SMILES string of the molecule is CN=C(NCc1cccc(COCc2ccccc2)c1)NCc1cccs1. The molecule has 0 amide bonds. The number of aliphatic imine (C=N–C) groups is 1. The van der Waals surface area contributed by atoms with Crippen molar-refractivity contribution in [2.75, 3.05) is 7.05 Å². The quantitative estimate of drug-likeness (QED) is 0.452. The highest BCUT2D eigenvalue weighted by atomic mass is 32.1. The second-order valence-corrected chi connectivity index (χ2v) is 7.19. The summed E-state index contributed by atoms with van der Waals surface area (Å²) >= 11 is 1.74. The van der Waals surface area contributed by atoms with Gasteiger partial charge in [-0.25, -0.2) is 0 Å². The van der Waals surface area contributed by atoms with Gasteiger partial charge in [-0.2, -0.15) is 0 Å². The maximum atomic E-state index is 5.83. The van der Waals surface area contributed by atoms with Gasteiger partial charge in [-0.1, -0.05) is 60.7 Å². The Kier molecular flexibility index (Phi) is 7.45. The molecule has 0 bridgehead atoms. The summed E-state index contributed by atoms with van der Waals surface area (Å²) in [4.78, 5) is 5.57. The third-order valence-corrected chi connectivity index (χ3v) is 4.94. The molecule has 0 fully saturated rings. The summed E-state index contributed by atoms with van der Waals surface area (Å²) in [5, 5.41) is 8.78. The van der Waals surface area contributed by atoms with Gasteiger partial charge in [-0.05, 0) is 28.1 Å². The first kappa shape index (κ1) is 19.1. The van der Waals surface area contributed by atoms with Crippen LogP contribution >= 0.6 is 11.3 Å². The summed E-state index contributed by atoms with van der Waals surface area (Å²) in [6.45, 7) is 2.73. The average molecular weight is 380 g/mol. The van der Waals surface area contributed by atoms with Crippen LogP contribution in [-0.4, -0.2) is 13.0 Å². The number of nitrogens with zero attached hydrogens (tertiary/aromatic N) is 1. The van der Waals surface area contributed by atoms with Gasteiger partial charge in [-0.15, -0.1) is 11.3 Å². The van der Waals surface area contributed by atoms with Gasteiger partial charge in [0.1, 0.15) is 0 Å². The van der Waals surface area contributed by atoms with Crippen LogP contribution in [0.2, 0.25) is 0 Å². The van der Waals surface area contributed by atoms with E-state index in [-0.39, 0.29) is 0 Å². The molecule has 27 heavy (non-hydrogen) atoms. The molecule has 0 aliphatic carbocycles. The maximum absolute atomic E-state index is 5.83. The molecule has 2 aromatic carbocycles. The average Bonchev–Trinajstić information content (AvgIpc) is 3.23. The van der Waals surface area contributed by atoms with Crippen molar-refractivity contribution >= 4 is 17.3 Å². The third-order valence-electron chi connectivity index (χ3n) is 4.07. The molecule has 1 aromatic heterocycles. The normalized spacial score (nSPS) is 11.4. The van der Waals surface area contributed by atoms with E-state index >= 15 is 0 Å². The Labute approximate surface area is 164 Å². The maximum Gasteiger partial charge on any atom is 0.191 e. The van der Waals surface area contributed by atoms with E-state index in [2.05, 4.69) is 69.5 Å². The van der Waals surface area contributed by atoms with Crippen LogP contribution in [0.1, 0.15) is 21.6 Å². The van der Waals surface area contributed by atoms with Crippen LogP contribution in [0.5, 0.6) is 0 Å². The number of ether oxygens (including phenoxy) is 1. The molecule has 3 aromatic rings. The topological polar surface area (TPSA) is 45.7 Å². The first-order valence-corrected chi connectivity index (χ1v) is 9.88. The first-order chi connectivity index (χ1) is 13.3. The summed E-state index contributed by atoms with van der Waals surface area (Å²) in [7, 11) is 1.79. The molecule has 4 nitrogen and oxygen atoms in total. The second-order valence-electron chi connectivity index (χ2n) is 6.16. The largest absolute Gasteiger partial charge is 0.372 e. The standard InChI is InChI=1S/C22H25N3OS/c1-23-22(25-15-21-11-6-12-27-21)24-14-19-9-5-10-20(13-19)17-26-16-18-7-3-2-4-8-18/h2-13H,14-17H2,1H3,(H2,23,24,25). The van der Waals surface area contributed by atoms with E-state index in [0.29, 0.717) is 13.2 Å². The van der Waals surface area contributed by atoms with E-state index in [0.717, 1.165) is 19.0 Å². The van der Waals surface area contributed by atoms with Gasteiger partial charge in [0, 0.05) is 18.5 Å². The van der Waals surface area contributed by atoms with E-state index in [1.165, 1.54) is 21.6 Å². The van der Waals surface area contributed by atoms with Crippen molar-refractivity contribution in [3.63, 3.8) is 0 Å². The lowest BCUT2D eigenvalue weighted by Crippen LogP contribution is -2.36. The van der Waals surface area contributed by atoms with E-state index < -0.39 is 0 Å². The van der Waals surface area contributed by atoms with Crippen molar-refractivity contribution in [3.8, 4) is 0 Å².